The Bertz CT molecular complexity index is 798. The molecule has 4 nitrogen and oxygen atoms in total. The zero-order valence-corrected chi connectivity index (χ0v) is 14.8. The number of amides is 2. The van der Waals surface area contributed by atoms with Crippen molar-refractivity contribution in [1.82, 2.24) is 0 Å². The van der Waals surface area contributed by atoms with Gasteiger partial charge in [-0.25, -0.2) is 4.39 Å². The Labute approximate surface area is 151 Å². The number of nitrogens with one attached hydrogen (secondary N) is 1. The van der Waals surface area contributed by atoms with E-state index in [-0.39, 0.29) is 30.6 Å². The van der Waals surface area contributed by atoms with E-state index in [0.717, 1.165) is 4.47 Å². The van der Waals surface area contributed by atoms with Crippen LogP contribution in [0.1, 0.15) is 6.42 Å². The van der Waals surface area contributed by atoms with Gasteiger partial charge in [0.05, 0.1) is 10.9 Å². The fraction of sp³-hybridized carbons (Fsp3) is 0.176. The van der Waals surface area contributed by atoms with E-state index < -0.39 is 5.92 Å². The lowest BCUT2D eigenvalue weighted by Crippen LogP contribution is -2.28. The Kier molecular flexibility index (Phi) is 4.87. The first kappa shape index (κ1) is 16.9. The van der Waals surface area contributed by atoms with E-state index in [1.807, 2.05) is 0 Å². The number of halogens is 3. The number of carbonyl (C=O) groups excluding carboxylic acids is 2. The minimum atomic E-state index is -0.468. The Hall–Kier alpha value is -1.92. The number of hydrogen-bond acceptors (Lipinski definition) is 2. The molecule has 24 heavy (non-hydrogen) atoms. The summed E-state index contributed by atoms with van der Waals surface area (Å²) in [5, 5.41) is 3.26. The van der Waals surface area contributed by atoms with Gasteiger partial charge in [0.1, 0.15) is 5.82 Å². The van der Waals surface area contributed by atoms with Gasteiger partial charge in [-0.2, -0.15) is 0 Å². The fourth-order valence-corrected chi connectivity index (χ4v) is 3.00. The standard InChI is InChI=1S/C17H13BrClFN2O2/c18-14-6-3-12(8-15(14)19)21-17(24)10-7-16(23)22(9-10)13-4-1-11(20)2-5-13/h1-6,8,10H,7,9H2,(H,21,24)/t10-/m0/s1. The van der Waals surface area contributed by atoms with Gasteiger partial charge in [0.15, 0.2) is 0 Å². The maximum Gasteiger partial charge on any atom is 0.229 e. The second kappa shape index (κ2) is 6.91. The summed E-state index contributed by atoms with van der Waals surface area (Å²) in [6.45, 7) is 0.264. The number of rotatable bonds is 3. The van der Waals surface area contributed by atoms with Gasteiger partial charge in [-0.15, -0.1) is 0 Å². The zero-order chi connectivity index (χ0) is 17.3. The van der Waals surface area contributed by atoms with Crippen LogP contribution in [0.3, 0.4) is 0 Å². The summed E-state index contributed by atoms with van der Waals surface area (Å²) < 4.78 is 13.7. The van der Waals surface area contributed by atoms with E-state index in [2.05, 4.69) is 21.2 Å². The molecule has 7 heteroatoms. The lowest BCUT2D eigenvalue weighted by molar-refractivity contribution is -0.122. The van der Waals surface area contributed by atoms with Crippen LogP contribution < -0.4 is 10.2 Å². The van der Waals surface area contributed by atoms with Crippen LogP contribution >= 0.6 is 27.5 Å². The Balaban J connectivity index is 1.69. The van der Waals surface area contributed by atoms with Crippen LogP contribution in [0.2, 0.25) is 5.02 Å². The molecule has 2 amide bonds. The van der Waals surface area contributed by atoms with Crippen LogP contribution in [-0.2, 0) is 9.59 Å². The summed E-state index contributed by atoms with van der Waals surface area (Å²) in [6.07, 6.45) is 0.119. The van der Waals surface area contributed by atoms with E-state index in [9.17, 15) is 14.0 Å². The second-order valence-corrected chi connectivity index (χ2v) is 6.76. The van der Waals surface area contributed by atoms with Gasteiger partial charge in [-0.1, -0.05) is 11.6 Å². The highest BCUT2D eigenvalue weighted by molar-refractivity contribution is 9.10. The molecule has 2 aromatic carbocycles. The molecule has 0 bridgehead atoms. The lowest BCUT2D eigenvalue weighted by atomic mass is 10.1. The molecule has 3 rings (SSSR count). The molecule has 0 aliphatic carbocycles. The van der Waals surface area contributed by atoms with Crippen LogP contribution in [0.25, 0.3) is 0 Å². The van der Waals surface area contributed by atoms with Crippen LogP contribution in [0.15, 0.2) is 46.9 Å². The first-order chi connectivity index (χ1) is 11.4. The predicted molar refractivity (Wildman–Crippen MR) is 94.6 cm³/mol. The molecule has 124 valence electrons. The van der Waals surface area contributed by atoms with E-state index >= 15 is 0 Å². The lowest BCUT2D eigenvalue weighted by Gasteiger charge is -2.16. The van der Waals surface area contributed by atoms with Crippen molar-refractivity contribution in [2.24, 2.45) is 5.92 Å². The minimum Gasteiger partial charge on any atom is -0.326 e. The summed E-state index contributed by atoms with van der Waals surface area (Å²) in [6, 6.07) is 10.7. The van der Waals surface area contributed by atoms with Gasteiger partial charge in [0.25, 0.3) is 0 Å². The number of carbonyl (C=O) groups is 2. The van der Waals surface area contributed by atoms with E-state index in [1.165, 1.54) is 29.2 Å². The van der Waals surface area contributed by atoms with Crippen molar-refractivity contribution in [3.05, 3.63) is 57.8 Å². The van der Waals surface area contributed by atoms with Crippen molar-refractivity contribution < 1.29 is 14.0 Å². The summed E-state index contributed by atoms with van der Waals surface area (Å²) in [5.41, 5.74) is 1.16. The first-order valence-electron chi connectivity index (χ1n) is 7.26. The molecule has 1 saturated heterocycles. The van der Waals surface area contributed by atoms with Gasteiger partial charge in [-0.05, 0) is 58.4 Å². The summed E-state index contributed by atoms with van der Waals surface area (Å²) in [7, 11) is 0. The van der Waals surface area contributed by atoms with Crippen molar-refractivity contribution in [1.29, 1.82) is 0 Å². The molecule has 2 aromatic rings. The highest BCUT2D eigenvalue weighted by atomic mass is 79.9. The molecular weight excluding hydrogens is 399 g/mol. The summed E-state index contributed by atoms with van der Waals surface area (Å²) >= 11 is 9.29. The van der Waals surface area contributed by atoms with Crippen LogP contribution in [0, 0.1) is 11.7 Å². The summed E-state index contributed by atoms with van der Waals surface area (Å²) in [5.74, 6) is -1.24. The van der Waals surface area contributed by atoms with E-state index in [4.69, 9.17) is 11.6 Å². The van der Waals surface area contributed by atoms with Gasteiger partial charge in [0.2, 0.25) is 11.8 Å². The Morgan fingerprint density at radius 3 is 2.62 bits per heavy atom. The third-order valence-corrected chi connectivity index (χ3v) is 5.05. The largest absolute Gasteiger partial charge is 0.326 e. The molecule has 1 heterocycles. The van der Waals surface area contributed by atoms with Crippen LogP contribution in [0.4, 0.5) is 15.8 Å². The minimum absolute atomic E-state index is 0.119. The molecule has 0 unspecified atom stereocenters. The molecular formula is C17H13BrClFN2O2. The number of benzene rings is 2. The highest BCUT2D eigenvalue weighted by Crippen LogP contribution is 2.28. The van der Waals surface area contributed by atoms with E-state index in [1.54, 1.807) is 18.2 Å². The van der Waals surface area contributed by atoms with Crippen molar-refractivity contribution in [3.63, 3.8) is 0 Å². The van der Waals surface area contributed by atoms with Crippen molar-refractivity contribution >= 4 is 50.7 Å². The molecule has 0 spiro atoms. The first-order valence-corrected chi connectivity index (χ1v) is 8.43. The predicted octanol–water partition coefficient (Wildman–Crippen LogP) is 4.23. The Morgan fingerprint density at radius 1 is 1.25 bits per heavy atom. The van der Waals surface area contributed by atoms with E-state index in [0.29, 0.717) is 16.4 Å². The summed E-state index contributed by atoms with van der Waals surface area (Å²) in [4.78, 5) is 26.0. The number of nitrogens with zero attached hydrogens (tertiary/aromatic N) is 1. The molecule has 1 fully saturated rings. The monoisotopic (exact) mass is 410 g/mol. The topological polar surface area (TPSA) is 49.4 Å². The molecule has 0 radical (unpaired) electrons. The van der Waals surface area contributed by atoms with Crippen LogP contribution in [0.5, 0.6) is 0 Å². The van der Waals surface area contributed by atoms with Crippen molar-refractivity contribution in [2.75, 3.05) is 16.8 Å². The third kappa shape index (κ3) is 3.60. The fourth-order valence-electron chi connectivity index (χ4n) is 2.57. The van der Waals surface area contributed by atoms with Crippen molar-refractivity contribution in [2.45, 2.75) is 6.42 Å². The van der Waals surface area contributed by atoms with Gasteiger partial charge < -0.3 is 10.2 Å². The second-order valence-electron chi connectivity index (χ2n) is 5.50. The molecule has 1 atom stereocenters. The maximum absolute atomic E-state index is 13.0. The normalized spacial score (nSPS) is 17.2. The zero-order valence-electron chi connectivity index (χ0n) is 12.4. The average molecular weight is 412 g/mol. The number of hydrogen-bond donors (Lipinski definition) is 1. The number of anilines is 2. The van der Waals surface area contributed by atoms with Gasteiger partial charge in [0, 0.05) is 28.8 Å². The molecule has 1 N–H and O–H groups in total. The molecule has 0 saturated carbocycles. The average Bonchev–Trinajstić information content (AvgIpc) is 2.94. The Morgan fingerprint density at radius 2 is 1.96 bits per heavy atom. The highest BCUT2D eigenvalue weighted by Gasteiger charge is 2.35. The molecule has 1 aliphatic heterocycles. The van der Waals surface area contributed by atoms with Crippen LogP contribution in [-0.4, -0.2) is 18.4 Å². The van der Waals surface area contributed by atoms with Crippen molar-refractivity contribution in [3.8, 4) is 0 Å². The smallest absolute Gasteiger partial charge is 0.229 e. The van der Waals surface area contributed by atoms with Gasteiger partial charge in [-0.3, -0.25) is 9.59 Å². The molecule has 1 aliphatic rings. The third-order valence-electron chi connectivity index (χ3n) is 3.82. The molecule has 0 aromatic heterocycles. The quantitative estimate of drug-likeness (QED) is 0.821. The van der Waals surface area contributed by atoms with Gasteiger partial charge >= 0.3 is 0 Å². The SMILES string of the molecule is O=C(Nc1ccc(Br)c(Cl)c1)[C@H]1CC(=O)N(c2ccc(F)cc2)C1. The maximum atomic E-state index is 13.0.